The summed E-state index contributed by atoms with van der Waals surface area (Å²) in [4.78, 5) is 17.6. The highest BCUT2D eigenvalue weighted by Gasteiger charge is 2.36. The number of methoxy groups -OCH3 is 1. The topological polar surface area (TPSA) is 38.7 Å². The third kappa shape index (κ3) is 3.57. The lowest BCUT2D eigenvalue weighted by molar-refractivity contribution is -0.146. The first-order valence-corrected chi connectivity index (χ1v) is 8.50. The fourth-order valence-electron chi connectivity index (χ4n) is 2.90. The zero-order valence-electron chi connectivity index (χ0n) is 14.9. The molecule has 0 radical (unpaired) electrons. The number of hydrogen-bond donors (Lipinski definition) is 0. The minimum Gasteiger partial charge on any atom is -0.467 e. The molecular formula is C23H21NO2. The largest absolute Gasteiger partial charge is 0.467 e. The van der Waals surface area contributed by atoms with Crippen LogP contribution in [0.5, 0.6) is 0 Å². The predicted octanol–water partition coefficient (Wildman–Crippen LogP) is 4.61. The van der Waals surface area contributed by atoms with Gasteiger partial charge in [0.1, 0.15) is 0 Å². The molecule has 0 saturated carbocycles. The van der Waals surface area contributed by atoms with Crippen LogP contribution >= 0.6 is 0 Å². The van der Waals surface area contributed by atoms with Gasteiger partial charge in [-0.2, -0.15) is 0 Å². The van der Waals surface area contributed by atoms with E-state index < -0.39 is 11.5 Å². The maximum atomic E-state index is 12.7. The Morgan fingerprint density at radius 3 is 1.62 bits per heavy atom. The number of carbonyl (C=O) groups is 1. The Hall–Kier alpha value is -3.20. The van der Waals surface area contributed by atoms with Crippen LogP contribution in [-0.2, 0) is 15.1 Å². The molecule has 3 heteroatoms. The lowest BCUT2D eigenvalue weighted by atomic mass is 9.91. The van der Waals surface area contributed by atoms with E-state index in [1.165, 1.54) is 7.11 Å². The fraction of sp³-hybridized carbons (Fsp3) is 0.130. The zero-order chi connectivity index (χ0) is 18.4. The van der Waals surface area contributed by atoms with Crippen LogP contribution in [0.3, 0.4) is 0 Å². The monoisotopic (exact) mass is 343 g/mol. The van der Waals surface area contributed by atoms with Crippen molar-refractivity contribution in [2.75, 3.05) is 7.11 Å². The fourth-order valence-corrected chi connectivity index (χ4v) is 2.90. The highest BCUT2D eigenvalue weighted by Crippen LogP contribution is 2.29. The van der Waals surface area contributed by atoms with E-state index in [9.17, 15) is 4.79 Å². The highest BCUT2D eigenvalue weighted by molar-refractivity contribution is 6.13. The summed E-state index contributed by atoms with van der Waals surface area (Å²) in [6.45, 7) is 1.79. The Morgan fingerprint density at radius 2 is 1.19 bits per heavy atom. The molecule has 3 nitrogen and oxygen atoms in total. The van der Waals surface area contributed by atoms with Crippen molar-refractivity contribution >= 4 is 11.7 Å². The molecule has 3 aromatic carbocycles. The van der Waals surface area contributed by atoms with Crippen molar-refractivity contribution in [2.45, 2.75) is 12.5 Å². The van der Waals surface area contributed by atoms with Crippen LogP contribution in [0.2, 0.25) is 0 Å². The second-order valence-corrected chi connectivity index (χ2v) is 6.12. The predicted molar refractivity (Wildman–Crippen MR) is 104 cm³/mol. The number of aliphatic imine (C=N–C) groups is 1. The lowest BCUT2D eigenvalue weighted by Crippen LogP contribution is -2.33. The molecule has 0 aliphatic carbocycles. The molecule has 1 unspecified atom stereocenters. The summed E-state index contributed by atoms with van der Waals surface area (Å²) in [7, 11) is 1.39. The summed E-state index contributed by atoms with van der Waals surface area (Å²) in [6, 6.07) is 29.3. The first-order chi connectivity index (χ1) is 12.6. The molecule has 0 amide bonds. The van der Waals surface area contributed by atoms with E-state index in [4.69, 9.17) is 9.73 Å². The third-order valence-corrected chi connectivity index (χ3v) is 4.35. The number of rotatable bonds is 5. The van der Waals surface area contributed by atoms with E-state index in [0.29, 0.717) is 0 Å². The minimum absolute atomic E-state index is 0.395. The summed E-state index contributed by atoms with van der Waals surface area (Å²) < 4.78 is 5.10. The van der Waals surface area contributed by atoms with Gasteiger partial charge < -0.3 is 4.74 Å². The maximum Gasteiger partial charge on any atom is 0.338 e. The van der Waals surface area contributed by atoms with Gasteiger partial charge in [-0.1, -0.05) is 91.0 Å². The molecule has 0 fully saturated rings. The summed E-state index contributed by atoms with van der Waals surface area (Å²) in [5.41, 5.74) is 2.30. The Labute approximate surface area is 154 Å². The Bertz CT molecular complexity index is 848. The van der Waals surface area contributed by atoms with E-state index in [-0.39, 0.29) is 0 Å². The minimum atomic E-state index is -1.14. The van der Waals surface area contributed by atoms with Crippen LogP contribution in [0.4, 0.5) is 0 Å². The maximum absolute atomic E-state index is 12.7. The molecule has 26 heavy (non-hydrogen) atoms. The molecule has 0 aromatic heterocycles. The number of carbonyl (C=O) groups excluding carboxylic acids is 1. The van der Waals surface area contributed by atoms with E-state index in [1.54, 1.807) is 6.92 Å². The number of nitrogens with zero attached hydrogens (tertiary/aromatic N) is 1. The van der Waals surface area contributed by atoms with Crippen LogP contribution < -0.4 is 0 Å². The average molecular weight is 343 g/mol. The second-order valence-electron chi connectivity index (χ2n) is 6.12. The van der Waals surface area contributed by atoms with Gasteiger partial charge in [-0.05, 0) is 12.5 Å². The smallest absolute Gasteiger partial charge is 0.338 e. The SMILES string of the molecule is COC(=O)C(C)(N=C(c1ccccc1)c1ccccc1)c1ccccc1. The molecular weight excluding hydrogens is 322 g/mol. The average Bonchev–Trinajstić information content (AvgIpc) is 2.73. The Morgan fingerprint density at radius 1 is 0.769 bits per heavy atom. The summed E-state index contributed by atoms with van der Waals surface area (Å²) in [5, 5.41) is 0. The first-order valence-electron chi connectivity index (χ1n) is 8.50. The summed E-state index contributed by atoms with van der Waals surface area (Å²) >= 11 is 0. The Kier molecular flexibility index (Phi) is 5.28. The molecule has 0 N–H and O–H groups in total. The van der Waals surface area contributed by atoms with E-state index in [2.05, 4.69) is 0 Å². The molecule has 3 rings (SSSR count). The number of hydrogen-bond acceptors (Lipinski definition) is 3. The standard InChI is InChI=1S/C23H21NO2/c1-23(22(25)26-2,20-16-10-5-11-17-20)24-21(18-12-6-3-7-13-18)19-14-8-4-9-15-19/h3-17H,1-2H3. The zero-order valence-corrected chi connectivity index (χ0v) is 14.9. The van der Waals surface area contributed by atoms with Crippen molar-refractivity contribution in [3.05, 3.63) is 108 Å². The normalized spacial score (nSPS) is 12.7. The van der Waals surface area contributed by atoms with E-state index >= 15 is 0 Å². The number of ether oxygens (including phenoxy) is 1. The van der Waals surface area contributed by atoms with Gasteiger partial charge in [0.05, 0.1) is 12.8 Å². The van der Waals surface area contributed by atoms with E-state index in [1.807, 2.05) is 91.0 Å². The van der Waals surface area contributed by atoms with Crippen molar-refractivity contribution in [1.82, 2.24) is 0 Å². The molecule has 0 aliphatic rings. The molecule has 0 heterocycles. The van der Waals surface area contributed by atoms with Crippen LogP contribution in [0.1, 0.15) is 23.6 Å². The molecule has 0 saturated heterocycles. The number of benzene rings is 3. The van der Waals surface area contributed by atoms with Crippen LogP contribution in [0.25, 0.3) is 0 Å². The molecule has 0 aliphatic heterocycles. The highest BCUT2D eigenvalue weighted by atomic mass is 16.5. The Balaban J connectivity index is 2.23. The van der Waals surface area contributed by atoms with Gasteiger partial charge in [-0.3, -0.25) is 4.99 Å². The van der Waals surface area contributed by atoms with Crippen molar-refractivity contribution in [1.29, 1.82) is 0 Å². The van der Waals surface area contributed by atoms with Gasteiger partial charge in [0, 0.05) is 11.1 Å². The quantitative estimate of drug-likeness (QED) is 0.501. The van der Waals surface area contributed by atoms with Gasteiger partial charge in [-0.25, -0.2) is 4.79 Å². The summed E-state index contributed by atoms with van der Waals surface area (Å²) in [6.07, 6.45) is 0. The summed E-state index contributed by atoms with van der Waals surface area (Å²) in [5.74, 6) is -0.395. The van der Waals surface area contributed by atoms with Gasteiger partial charge in [0.2, 0.25) is 0 Å². The molecule has 0 bridgehead atoms. The number of esters is 1. The van der Waals surface area contributed by atoms with Crippen molar-refractivity contribution in [2.24, 2.45) is 4.99 Å². The third-order valence-electron chi connectivity index (χ3n) is 4.35. The lowest BCUT2D eigenvalue weighted by Gasteiger charge is -2.25. The van der Waals surface area contributed by atoms with E-state index in [0.717, 1.165) is 22.4 Å². The van der Waals surface area contributed by atoms with Crippen molar-refractivity contribution in [3.8, 4) is 0 Å². The van der Waals surface area contributed by atoms with Gasteiger partial charge in [-0.15, -0.1) is 0 Å². The molecule has 0 spiro atoms. The van der Waals surface area contributed by atoms with Crippen LogP contribution in [0.15, 0.2) is 96.0 Å². The van der Waals surface area contributed by atoms with Crippen molar-refractivity contribution < 1.29 is 9.53 Å². The van der Waals surface area contributed by atoms with Crippen LogP contribution in [-0.4, -0.2) is 18.8 Å². The molecule has 1 atom stereocenters. The van der Waals surface area contributed by atoms with Crippen molar-refractivity contribution in [3.63, 3.8) is 0 Å². The second kappa shape index (κ2) is 7.79. The van der Waals surface area contributed by atoms with Crippen LogP contribution in [0, 0.1) is 0 Å². The first kappa shape index (κ1) is 17.6. The van der Waals surface area contributed by atoms with Gasteiger partial charge in [0.25, 0.3) is 0 Å². The molecule has 130 valence electrons. The van der Waals surface area contributed by atoms with Gasteiger partial charge in [0.15, 0.2) is 5.54 Å². The molecule has 3 aromatic rings. The van der Waals surface area contributed by atoms with Gasteiger partial charge >= 0.3 is 5.97 Å².